The smallest absolute Gasteiger partial charge is 0.237 e. The number of aromatic nitrogens is 1. The normalized spacial score (nSPS) is 18.2. The minimum Gasteiger partial charge on any atom is -0.397 e. The number of pyridine rings is 1. The van der Waals surface area contributed by atoms with Gasteiger partial charge >= 0.3 is 0 Å². The third kappa shape index (κ3) is 3.79. The van der Waals surface area contributed by atoms with Gasteiger partial charge in [0, 0.05) is 11.7 Å². The molecular formula is C16H21N3OS. The number of carbonyl (C=O) groups is 1. The second-order valence-electron chi connectivity index (χ2n) is 5.65. The highest BCUT2D eigenvalue weighted by Crippen LogP contribution is 2.34. The average Bonchev–Trinajstić information content (AvgIpc) is 3.33. The molecule has 2 N–H and O–H groups in total. The summed E-state index contributed by atoms with van der Waals surface area (Å²) in [7, 11) is 0. The molecular weight excluding hydrogens is 282 g/mol. The lowest BCUT2D eigenvalue weighted by Gasteiger charge is -2.27. The number of amides is 1. The predicted octanol–water partition coefficient (Wildman–Crippen LogP) is 3.20. The molecule has 1 aromatic rings. The van der Waals surface area contributed by atoms with Crippen molar-refractivity contribution in [2.24, 2.45) is 0 Å². The van der Waals surface area contributed by atoms with Gasteiger partial charge in [0.1, 0.15) is 0 Å². The topological polar surface area (TPSA) is 59.2 Å². The Morgan fingerprint density at radius 3 is 2.86 bits per heavy atom. The van der Waals surface area contributed by atoms with E-state index in [0.29, 0.717) is 17.5 Å². The maximum absolute atomic E-state index is 12.6. The lowest BCUT2D eigenvalue weighted by Crippen LogP contribution is -2.34. The average molecular weight is 303 g/mol. The van der Waals surface area contributed by atoms with Gasteiger partial charge in [0.15, 0.2) is 0 Å². The fraction of sp³-hybridized carbons (Fsp3) is 0.500. The Labute approximate surface area is 129 Å². The summed E-state index contributed by atoms with van der Waals surface area (Å²) in [6, 6.07) is 4.14. The van der Waals surface area contributed by atoms with Crippen LogP contribution in [0.3, 0.4) is 0 Å². The van der Waals surface area contributed by atoms with Gasteiger partial charge in [0.05, 0.1) is 22.7 Å². The standard InChI is InChI=1S/C16H21N3OS/c17-12-6-9-15(18-10-12)21-11-16(20)19(14-7-8-14)13-4-2-1-3-5-13/h4,6,9-10,14H,1-3,5,7-8,11,17H2. The first kappa shape index (κ1) is 14.4. The lowest BCUT2D eigenvalue weighted by atomic mass is 10.0. The molecule has 0 radical (unpaired) electrons. The van der Waals surface area contributed by atoms with E-state index in [1.54, 1.807) is 6.20 Å². The second-order valence-corrected chi connectivity index (χ2v) is 6.65. The quantitative estimate of drug-likeness (QED) is 0.849. The summed E-state index contributed by atoms with van der Waals surface area (Å²) in [5, 5.41) is 0.853. The number of carbonyl (C=O) groups excluding carboxylic acids is 1. The minimum atomic E-state index is 0.217. The van der Waals surface area contributed by atoms with E-state index in [2.05, 4.69) is 16.0 Å². The first-order valence-corrected chi connectivity index (χ1v) is 8.58. The van der Waals surface area contributed by atoms with E-state index in [1.807, 2.05) is 12.1 Å². The molecule has 1 saturated carbocycles. The van der Waals surface area contributed by atoms with Crippen molar-refractivity contribution in [3.63, 3.8) is 0 Å². The van der Waals surface area contributed by atoms with Crippen molar-refractivity contribution in [1.29, 1.82) is 0 Å². The van der Waals surface area contributed by atoms with Crippen molar-refractivity contribution >= 4 is 23.4 Å². The van der Waals surface area contributed by atoms with E-state index in [9.17, 15) is 4.79 Å². The Kier molecular flexibility index (Phi) is 4.48. The molecule has 0 bridgehead atoms. The zero-order valence-electron chi connectivity index (χ0n) is 12.1. The van der Waals surface area contributed by atoms with Crippen molar-refractivity contribution in [3.05, 3.63) is 30.1 Å². The highest BCUT2D eigenvalue weighted by molar-refractivity contribution is 7.99. The molecule has 0 atom stereocenters. The third-order valence-corrected chi connectivity index (χ3v) is 4.79. The molecule has 0 unspecified atom stereocenters. The predicted molar refractivity (Wildman–Crippen MR) is 85.8 cm³/mol. The van der Waals surface area contributed by atoms with Crippen molar-refractivity contribution in [1.82, 2.24) is 9.88 Å². The molecule has 4 nitrogen and oxygen atoms in total. The molecule has 0 saturated heterocycles. The van der Waals surface area contributed by atoms with Gasteiger partial charge in [0.2, 0.25) is 5.91 Å². The van der Waals surface area contributed by atoms with Gasteiger partial charge < -0.3 is 10.6 Å². The van der Waals surface area contributed by atoms with Crippen LogP contribution in [0.4, 0.5) is 5.69 Å². The van der Waals surface area contributed by atoms with E-state index in [1.165, 1.54) is 30.3 Å². The van der Waals surface area contributed by atoms with Crippen LogP contribution in [-0.4, -0.2) is 27.6 Å². The number of thioether (sulfide) groups is 1. The second kappa shape index (κ2) is 6.52. The zero-order valence-corrected chi connectivity index (χ0v) is 12.9. The monoisotopic (exact) mass is 303 g/mol. The van der Waals surface area contributed by atoms with E-state index in [0.717, 1.165) is 30.7 Å². The molecule has 2 aliphatic rings. The van der Waals surface area contributed by atoms with Gasteiger partial charge in [-0.3, -0.25) is 4.79 Å². The van der Waals surface area contributed by atoms with Crippen LogP contribution in [0.2, 0.25) is 0 Å². The summed E-state index contributed by atoms with van der Waals surface area (Å²) in [4.78, 5) is 18.9. The van der Waals surface area contributed by atoms with Crippen molar-refractivity contribution in [3.8, 4) is 0 Å². The Morgan fingerprint density at radius 1 is 1.38 bits per heavy atom. The van der Waals surface area contributed by atoms with Crippen LogP contribution in [0.1, 0.15) is 38.5 Å². The number of allylic oxidation sites excluding steroid dienone is 2. The number of hydrogen-bond acceptors (Lipinski definition) is 4. The molecule has 21 heavy (non-hydrogen) atoms. The van der Waals surface area contributed by atoms with Gasteiger partial charge in [-0.25, -0.2) is 4.98 Å². The highest BCUT2D eigenvalue weighted by Gasteiger charge is 2.34. The van der Waals surface area contributed by atoms with Gasteiger partial charge in [-0.2, -0.15) is 0 Å². The molecule has 3 rings (SSSR count). The molecule has 0 spiro atoms. The number of rotatable bonds is 5. The van der Waals surface area contributed by atoms with Gasteiger partial charge in [-0.15, -0.1) is 0 Å². The lowest BCUT2D eigenvalue weighted by molar-refractivity contribution is -0.127. The molecule has 1 fully saturated rings. The first-order chi connectivity index (χ1) is 10.2. The fourth-order valence-electron chi connectivity index (χ4n) is 2.65. The van der Waals surface area contributed by atoms with Crippen molar-refractivity contribution in [2.45, 2.75) is 49.6 Å². The van der Waals surface area contributed by atoms with Crippen LogP contribution in [0.5, 0.6) is 0 Å². The fourth-order valence-corrected chi connectivity index (χ4v) is 3.36. The summed E-state index contributed by atoms with van der Waals surface area (Å²) in [5.41, 5.74) is 7.52. The Hall–Kier alpha value is -1.49. The van der Waals surface area contributed by atoms with Crippen molar-refractivity contribution < 1.29 is 4.79 Å². The highest BCUT2D eigenvalue weighted by atomic mass is 32.2. The molecule has 0 aliphatic heterocycles. The van der Waals surface area contributed by atoms with E-state index in [-0.39, 0.29) is 5.91 Å². The maximum Gasteiger partial charge on any atom is 0.237 e. The largest absolute Gasteiger partial charge is 0.397 e. The van der Waals surface area contributed by atoms with Gasteiger partial charge in [0.25, 0.3) is 0 Å². The molecule has 5 heteroatoms. The summed E-state index contributed by atoms with van der Waals surface area (Å²) in [6.07, 6.45) is 10.8. The van der Waals surface area contributed by atoms with Crippen LogP contribution >= 0.6 is 11.8 Å². The van der Waals surface area contributed by atoms with Crippen LogP contribution in [0.25, 0.3) is 0 Å². The molecule has 1 aromatic heterocycles. The summed E-state index contributed by atoms with van der Waals surface area (Å²) in [6.45, 7) is 0. The molecule has 0 aromatic carbocycles. The minimum absolute atomic E-state index is 0.217. The summed E-state index contributed by atoms with van der Waals surface area (Å²) < 4.78 is 0. The number of nitrogens with two attached hydrogens (primary N) is 1. The van der Waals surface area contributed by atoms with E-state index < -0.39 is 0 Å². The maximum atomic E-state index is 12.6. The first-order valence-electron chi connectivity index (χ1n) is 7.59. The third-order valence-electron chi connectivity index (χ3n) is 3.86. The Bertz CT molecular complexity index is 537. The summed E-state index contributed by atoms with van der Waals surface area (Å²) >= 11 is 1.49. The SMILES string of the molecule is Nc1ccc(SCC(=O)N(C2=CCCCC2)C2CC2)nc1. The Morgan fingerprint density at radius 2 is 2.24 bits per heavy atom. The summed E-state index contributed by atoms with van der Waals surface area (Å²) in [5.74, 6) is 0.666. The van der Waals surface area contributed by atoms with E-state index >= 15 is 0 Å². The number of nitrogens with zero attached hydrogens (tertiary/aromatic N) is 2. The molecule has 1 amide bonds. The van der Waals surface area contributed by atoms with Crippen molar-refractivity contribution in [2.75, 3.05) is 11.5 Å². The van der Waals surface area contributed by atoms with Crippen LogP contribution in [-0.2, 0) is 4.79 Å². The number of anilines is 1. The van der Waals surface area contributed by atoms with Crippen LogP contribution in [0, 0.1) is 0 Å². The van der Waals surface area contributed by atoms with E-state index in [4.69, 9.17) is 5.73 Å². The van der Waals surface area contributed by atoms with Crippen LogP contribution in [0.15, 0.2) is 35.1 Å². The zero-order chi connectivity index (χ0) is 14.7. The Balaban J connectivity index is 1.62. The molecule has 112 valence electrons. The van der Waals surface area contributed by atoms with Gasteiger partial charge in [-0.1, -0.05) is 17.8 Å². The van der Waals surface area contributed by atoms with Crippen LogP contribution < -0.4 is 5.73 Å². The number of hydrogen-bond donors (Lipinski definition) is 1. The van der Waals surface area contributed by atoms with Gasteiger partial charge in [-0.05, 0) is 50.7 Å². The molecule has 1 heterocycles. The number of nitrogen functional groups attached to an aromatic ring is 1. The molecule has 2 aliphatic carbocycles.